The van der Waals surface area contributed by atoms with Crippen LogP contribution in [-0.4, -0.2) is 49.4 Å². The van der Waals surface area contributed by atoms with Crippen molar-refractivity contribution in [2.45, 2.75) is 31.9 Å². The smallest absolute Gasteiger partial charge is 0.268 e. The summed E-state index contributed by atoms with van der Waals surface area (Å²) in [6, 6.07) is 15.3. The van der Waals surface area contributed by atoms with Crippen molar-refractivity contribution >= 4 is 40.1 Å². The molecule has 0 unspecified atom stereocenters. The topological polar surface area (TPSA) is 100 Å². The summed E-state index contributed by atoms with van der Waals surface area (Å²) in [7, 11) is 0. The molecule has 0 spiro atoms. The highest BCUT2D eigenvalue weighted by atomic mass is 32.1. The van der Waals surface area contributed by atoms with Crippen molar-refractivity contribution in [3.63, 3.8) is 0 Å². The minimum atomic E-state index is -0.226. The number of carbonyl (C=O) groups is 2. The molecular formula is C27H27N5O3S. The number of fused-ring (bicyclic) bond motifs is 1. The normalized spacial score (nSPS) is 16.0. The second-order valence-corrected chi connectivity index (χ2v) is 9.80. The van der Waals surface area contributed by atoms with Crippen molar-refractivity contribution in [1.29, 1.82) is 0 Å². The van der Waals surface area contributed by atoms with Gasteiger partial charge in [-0.1, -0.05) is 18.7 Å². The summed E-state index contributed by atoms with van der Waals surface area (Å²) < 4.78 is 2.11. The average molecular weight is 502 g/mol. The van der Waals surface area contributed by atoms with Crippen molar-refractivity contribution < 1.29 is 14.7 Å². The highest BCUT2D eigenvalue weighted by Gasteiger charge is 2.25. The number of para-hydroxylation sites is 2. The molecule has 1 aliphatic heterocycles. The molecule has 2 amide bonds. The van der Waals surface area contributed by atoms with Crippen LogP contribution in [0.5, 0.6) is 0 Å². The third-order valence-corrected chi connectivity index (χ3v) is 7.60. The molecular weight excluding hydrogens is 474 g/mol. The first kappa shape index (κ1) is 23.9. The van der Waals surface area contributed by atoms with Gasteiger partial charge in [-0.25, -0.2) is 4.98 Å². The van der Waals surface area contributed by atoms with Gasteiger partial charge in [0.15, 0.2) is 0 Å². The molecule has 1 aliphatic rings. The minimum absolute atomic E-state index is 0.0477. The third-order valence-electron chi connectivity index (χ3n) is 6.46. The zero-order valence-electron chi connectivity index (χ0n) is 19.8. The van der Waals surface area contributed by atoms with Crippen LogP contribution in [0.4, 0.5) is 5.95 Å². The van der Waals surface area contributed by atoms with E-state index in [4.69, 9.17) is 4.98 Å². The van der Waals surface area contributed by atoms with Crippen molar-refractivity contribution in [3.8, 4) is 10.4 Å². The number of imidazole rings is 1. The first-order chi connectivity index (χ1) is 17.6. The fraction of sp³-hybridized carbons (Fsp3) is 0.259. The third kappa shape index (κ3) is 4.80. The van der Waals surface area contributed by atoms with Gasteiger partial charge in [0.1, 0.15) is 0 Å². The number of aromatic nitrogens is 3. The molecule has 0 bridgehead atoms. The Balaban J connectivity index is 1.41. The molecule has 3 aromatic heterocycles. The summed E-state index contributed by atoms with van der Waals surface area (Å²) in [5, 5.41) is 12.4. The Labute approximate surface area is 212 Å². The second-order valence-electron chi connectivity index (χ2n) is 8.72. The summed E-state index contributed by atoms with van der Waals surface area (Å²) >= 11 is 1.38. The molecule has 5 rings (SSSR count). The number of amides is 2. The van der Waals surface area contributed by atoms with Gasteiger partial charge in [0.25, 0.3) is 5.91 Å². The van der Waals surface area contributed by atoms with E-state index in [1.807, 2.05) is 47.4 Å². The average Bonchev–Trinajstić information content (AvgIpc) is 3.47. The van der Waals surface area contributed by atoms with Crippen molar-refractivity contribution in [2.24, 2.45) is 0 Å². The first-order valence-corrected chi connectivity index (χ1v) is 12.7. The number of aliphatic hydroxyl groups is 1. The number of nitrogens with one attached hydrogen (secondary N) is 1. The van der Waals surface area contributed by atoms with Gasteiger partial charge in [0.2, 0.25) is 11.9 Å². The van der Waals surface area contributed by atoms with Crippen LogP contribution in [0.15, 0.2) is 67.4 Å². The van der Waals surface area contributed by atoms with E-state index in [1.165, 1.54) is 17.4 Å². The van der Waals surface area contributed by atoms with Gasteiger partial charge in [0.05, 0.1) is 28.2 Å². The fourth-order valence-corrected chi connectivity index (χ4v) is 5.58. The van der Waals surface area contributed by atoms with Crippen molar-refractivity contribution in [3.05, 3.63) is 78.0 Å². The van der Waals surface area contributed by atoms with Crippen LogP contribution < -0.4 is 5.32 Å². The summed E-state index contributed by atoms with van der Waals surface area (Å²) in [5.41, 5.74) is 3.26. The lowest BCUT2D eigenvalue weighted by atomic mass is 10.1. The van der Waals surface area contributed by atoms with E-state index in [0.717, 1.165) is 40.7 Å². The second kappa shape index (κ2) is 10.4. The van der Waals surface area contributed by atoms with Gasteiger partial charge < -0.3 is 14.6 Å². The van der Waals surface area contributed by atoms with Crippen LogP contribution in [0.2, 0.25) is 0 Å². The number of pyridine rings is 1. The molecule has 36 heavy (non-hydrogen) atoms. The van der Waals surface area contributed by atoms with Crippen LogP contribution >= 0.6 is 11.3 Å². The largest absolute Gasteiger partial charge is 0.390 e. The molecule has 184 valence electrons. The molecule has 1 aromatic carbocycles. The lowest BCUT2D eigenvalue weighted by Crippen LogP contribution is -2.30. The van der Waals surface area contributed by atoms with Crippen molar-refractivity contribution in [2.75, 3.05) is 18.4 Å². The Bertz CT molecular complexity index is 1430. The Kier molecular flexibility index (Phi) is 6.92. The van der Waals surface area contributed by atoms with Gasteiger partial charge in [-0.15, -0.1) is 11.3 Å². The molecule has 1 fully saturated rings. The number of aliphatic hydroxyl groups excluding tert-OH is 1. The summed E-state index contributed by atoms with van der Waals surface area (Å²) in [6.45, 7) is 4.80. The maximum atomic E-state index is 13.3. The van der Waals surface area contributed by atoms with Gasteiger partial charge >= 0.3 is 0 Å². The van der Waals surface area contributed by atoms with E-state index in [-0.39, 0.29) is 24.5 Å². The fourth-order valence-electron chi connectivity index (χ4n) is 4.68. The Hall–Kier alpha value is -3.82. The maximum Gasteiger partial charge on any atom is 0.268 e. The molecule has 0 saturated carbocycles. The Morgan fingerprint density at radius 2 is 2.03 bits per heavy atom. The standard InChI is InChI=1S/C27H27N5O3S/c1-2-25(34)31-14-5-6-20(12-15-31)32-22-8-4-3-7-21(22)29-27(32)30-26(35)24-10-9-23(36-24)18-11-13-28-19(16-18)17-33/h2-4,7-11,13,16,20,33H,1,5-6,12,14-15,17H2,(H,29,30,35)/t20-/m1/s1. The Morgan fingerprint density at radius 1 is 1.17 bits per heavy atom. The molecule has 0 aliphatic carbocycles. The number of likely N-dealkylation sites (tertiary alicyclic amines) is 1. The molecule has 1 saturated heterocycles. The van der Waals surface area contributed by atoms with Gasteiger partial charge in [-0.05, 0) is 67.3 Å². The van der Waals surface area contributed by atoms with Gasteiger partial charge in [0, 0.05) is 30.2 Å². The monoisotopic (exact) mass is 501 g/mol. The lowest BCUT2D eigenvalue weighted by molar-refractivity contribution is -0.125. The summed E-state index contributed by atoms with van der Waals surface area (Å²) in [4.78, 5) is 37.6. The highest BCUT2D eigenvalue weighted by Crippen LogP contribution is 2.33. The van der Waals surface area contributed by atoms with E-state index in [9.17, 15) is 14.7 Å². The van der Waals surface area contributed by atoms with E-state index >= 15 is 0 Å². The van der Waals surface area contributed by atoms with Crippen LogP contribution in [0.25, 0.3) is 21.5 Å². The summed E-state index contributed by atoms with van der Waals surface area (Å²) in [6.07, 6.45) is 5.52. The SMILES string of the molecule is C=CC(=O)N1CCC[C@@H](n2c(NC(=O)c3ccc(-c4ccnc(CO)c4)s3)nc3ccccc32)CC1. The maximum absolute atomic E-state index is 13.3. The minimum Gasteiger partial charge on any atom is -0.390 e. The number of carbonyl (C=O) groups excluding carboxylic acids is 2. The van der Waals surface area contributed by atoms with Crippen LogP contribution in [-0.2, 0) is 11.4 Å². The molecule has 1 atom stereocenters. The quantitative estimate of drug-likeness (QED) is 0.375. The number of thiophene rings is 1. The zero-order chi connectivity index (χ0) is 25.1. The predicted octanol–water partition coefficient (Wildman–Crippen LogP) is 4.64. The number of rotatable bonds is 6. The number of hydrogen-bond acceptors (Lipinski definition) is 6. The molecule has 0 radical (unpaired) electrons. The van der Waals surface area contributed by atoms with E-state index in [1.54, 1.807) is 12.3 Å². The molecule has 4 aromatic rings. The van der Waals surface area contributed by atoms with Crippen LogP contribution in [0.3, 0.4) is 0 Å². The first-order valence-electron chi connectivity index (χ1n) is 11.9. The summed E-state index contributed by atoms with van der Waals surface area (Å²) in [5.74, 6) is 0.237. The molecule has 2 N–H and O–H groups in total. The van der Waals surface area contributed by atoms with Crippen LogP contribution in [0.1, 0.15) is 40.7 Å². The van der Waals surface area contributed by atoms with Gasteiger partial charge in [-0.2, -0.15) is 0 Å². The van der Waals surface area contributed by atoms with E-state index in [0.29, 0.717) is 29.6 Å². The zero-order valence-corrected chi connectivity index (χ0v) is 20.6. The number of hydrogen-bond donors (Lipinski definition) is 2. The number of benzene rings is 1. The lowest BCUT2D eigenvalue weighted by Gasteiger charge is -2.21. The molecule has 9 heteroatoms. The Morgan fingerprint density at radius 3 is 2.86 bits per heavy atom. The van der Waals surface area contributed by atoms with Crippen LogP contribution in [0, 0.1) is 0 Å². The van der Waals surface area contributed by atoms with Crippen molar-refractivity contribution in [1.82, 2.24) is 19.4 Å². The van der Waals surface area contributed by atoms with Gasteiger partial charge in [-0.3, -0.25) is 19.9 Å². The molecule has 4 heterocycles. The number of nitrogens with zero attached hydrogens (tertiary/aromatic N) is 4. The van der Waals surface area contributed by atoms with E-state index in [2.05, 4.69) is 21.4 Å². The predicted molar refractivity (Wildman–Crippen MR) is 141 cm³/mol. The molecule has 8 nitrogen and oxygen atoms in total. The van der Waals surface area contributed by atoms with E-state index < -0.39 is 0 Å². The highest BCUT2D eigenvalue weighted by molar-refractivity contribution is 7.17. The number of anilines is 1.